The molecular formula is C15H23N3O2. The van der Waals surface area contributed by atoms with Crippen LogP contribution < -0.4 is 10.5 Å². The fraction of sp³-hybridized carbons (Fsp3) is 0.600. The van der Waals surface area contributed by atoms with Crippen LogP contribution in [-0.4, -0.2) is 36.0 Å². The fourth-order valence-electron chi connectivity index (χ4n) is 2.82. The average molecular weight is 277 g/mol. The first kappa shape index (κ1) is 14.8. The van der Waals surface area contributed by atoms with Crippen molar-refractivity contribution in [1.29, 1.82) is 0 Å². The van der Waals surface area contributed by atoms with Crippen molar-refractivity contribution in [2.45, 2.75) is 33.2 Å². The fourth-order valence-corrected chi connectivity index (χ4v) is 2.82. The second-order valence-corrected chi connectivity index (χ2v) is 5.50. The van der Waals surface area contributed by atoms with E-state index in [4.69, 9.17) is 10.5 Å². The Kier molecular flexibility index (Phi) is 4.60. The van der Waals surface area contributed by atoms with Crippen molar-refractivity contribution in [1.82, 2.24) is 9.88 Å². The summed E-state index contributed by atoms with van der Waals surface area (Å²) in [5, 5.41) is 0. The summed E-state index contributed by atoms with van der Waals surface area (Å²) in [5.41, 5.74) is 8.56. The number of aromatic nitrogens is 1. The average Bonchev–Trinajstić information content (AvgIpc) is 2.43. The van der Waals surface area contributed by atoms with E-state index in [9.17, 15) is 4.79 Å². The van der Waals surface area contributed by atoms with Crippen molar-refractivity contribution in [2.24, 2.45) is 11.7 Å². The van der Waals surface area contributed by atoms with Gasteiger partial charge >= 0.3 is 0 Å². The number of primary amides is 1. The van der Waals surface area contributed by atoms with E-state index in [-0.39, 0.29) is 11.8 Å². The van der Waals surface area contributed by atoms with Crippen molar-refractivity contribution in [3.63, 3.8) is 0 Å². The Balaban J connectivity index is 2.03. The molecular weight excluding hydrogens is 254 g/mol. The number of carbonyl (C=O) groups is 1. The van der Waals surface area contributed by atoms with Crippen molar-refractivity contribution < 1.29 is 9.53 Å². The van der Waals surface area contributed by atoms with Crippen LogP contribution in [0.3, 0.4) is 0 Å². The molecule has 2 rings (SSSR count). The van der Waals surface area contributed by atoms with Gasteiger partial charge in [0.2, 0.25) is 5.91 Å². The lowest BCUT2D eigenvalue weighted by Crippen LogP contribution is -2.38. The minimum absolute atomic E-state index is 0.0351. The number of nitrogens with zero attached hydrogens (tertiary/aromatic N) is 2. The molecule has 2 N–H and O–H groups in total. The topological polar surface area (TPSA) is 68.4 Å². The van der Waals surface area contributed by atoms with Crippen LogP contribution in [0.5, 0.6) is 5.75 Å². The van der Waals surface area contributed by atoms with Gasteiger partial charge in [0.15, 0.2) is 0 Å². The SMILES string of the molecule is COc1c(C)cnc(CN2CCC(C(N)=O)CC2)c1C. The Labute approximate surface area is 120 Å². The smallest absolute Gasteiger partial charge is 0.220 e. The molecule has 0 unspecified atom stereocenters. The van der Waals surface area contributed by atoms with E-state index in [0.29, 0.717) is 0 Å². The first-order chi connectivity index (χ1) is 9.52. The zero-order valence-electron chi connectivity index (χ0n) is 12.5. The number of carbonyl (C=O) groups excluding carboxylic acids is 1. The van der Waals surface area contributed by atoms with Gasteiger partial charge in [0.05, 0.1) is 12.8 Å². The van der Waals surface area contributed by atoms with Crippen LogP contribution in [0.25, 0.3) is 0 Å². The van der Waals surface area contributed by atoms with Crippen LogP contribution in [0.15, 0.2) is 6.20 Å². The molecule has 1 aromatic heterocycles. The number of rotatable bonds is 4. The molecule has 1 saturated heterocycles. The summed E-state index contributed by atoms with van der Waals surface area (Å²) in [5.74, 6) is 0.783. The molecule has 0 bridgehead atoms. The van der Waals surface area contributed by atoms with Gasteiger partial charge in [-0.3, -0.25) is 14.7 Å². The van der Waals surface area contributed by atoms with E-state index < -0.39 is 0 Å². The molecule has 0 spiro atoms. The number of ether oxygens (including phenoxy) is 1. The van der Waals surface area contributed by atoms with Gasteiger partial charge in [-0.15, -0.1) is 0 Å². The van der Waals surface area contributed by atoms with Crippen molar-refractivity contribution in [3.8, 4) is 5.75 Å². The highest BCUT2D eigenvalue weighted by molar-refractivity contribution is 5.76. The molecule has 1 aromatic rings. The third-order valence-electron chi connectivity index (χ3n) is 4.11. The summed E-state index contributed by atoms with van der Waals surface area (Å²) in [7, 11) is 1.69. The molecule has 0 saturated carbocycles. The van der Waals surface area contributed by atoms with Crippen molar-refractivity contribution >= 4 is 5.91 Å². The lowest BCUT2D eigenvalue weighted by Gasteiger charge is -2.30. The number of piperidine rings is 1. The standard InChI is InChI=1S/C15H23N3O2/c1-10-8-17-13(11(2)14(10)20-3)9-18-6-4-12(5-7-18)15(16)19/h8,12H,4-7,9H2,1-3H3,(H2,16,19). The molecule has 0 radical (unpaired) electrons. The monoisotopic (exact) mass is 277 g/mol. The molecule has 1 fully saturated rings. The normalized spacial score (nSPS) is 17.1. The third kappa shape index (κ3) is 3.10. The molecule has 2 heterocycles. The van der Waals surface area contributed by atoms with E-state index in [1.807, 2.05) is 20.0 Å². The number of hydrogen-bond donors (Lipinski definition) is 1. The molecule has 1 amide bonds. The summed E-state index contributed by atoms with van der Waals surface area (Å²) in [6, 6.07) is 0. The van der Waals surface area contributed by atoms with Crippen LogP contribution in [-0.2, 0) is 11.3 Å². The maximum atomic E-state index is 11.2. The lowest BCUT2D eigenvalue weighted by molar-refractivity contribution is -0.123. The maximum Gasteiger partial charge on any atom is 0.220 e. The van der Waals surface area contributed by atoms with Gasteiger partial charge in [0.25, 0.3) is 0 Å². The molecule has 0 aliphatic carbocycles. The highest BCUT2D eigenvalue weighted by atomic mass is 16.5. The van der Waals surface area contributed by atoms with Gasteiger partial charge in [-0.05, 0) is 39.8 Å². The molecule has 110 valence electrons. The molecule has 20 heavy (non-hydrogen) atoms. The number of nitrogens with two attached hydrogens (primary N) is 1. The van der Waals surface area contributed by atoms with E-state index >= 15 is 0 Å². The zero-order chi connectivity index (χ0) is 14.7. The van der Waals surface area contributed by atoms with Gasteiger partial charge in [-0.1, -0.05) is 0 Å². The van der Waals surface area contributed by atoms with E-state index in [1.54, 1.807) is 7.11 Å². The van der Waals surface area contributed by atoms with E-state index in [0.717, 1.165) is 55.0 Å². The lowest BCUT2D eigenvalue weighted by atomic mass is 9.96. The van der Waals surface area contributed by atoms with Gasteiger partial charge < -0.3 is 10.5 Å². The number of hydrogen-bond acceptors (Lipinski definition) is 4. The van der Waals surface area contributed by atoms with Crippen molar-refractivity contribution in [3.05, 3.63) is 23.0 Å². The summed E-state index contributed by atoms with van der Waals surface area (Å²) >= 11 is 0. The van der Waals surface area contributed by atoms with Crippen LogP contribution in [0.4, 0.5) is 0 Å². The Morgan fingerprint density at radius 2 is 2.10 bits per heavy atom. The van der Waals surface area contributed by atoms with Gasteiger partial charge in [0, 0.05) is 29.8 Å². The molecule has 0 atom stereocenters. The quantitative estimate of drug-likeness (QED) is 0.903. The molecule has 1 aliphatic heterocycles. The summed E-state index contributed by atoms with van der Waals surface area (Å²) in [4.78, 5) is 18.0. The zero-order valence-corrected chi connectivity index (χ0v) is 12.5. The summed E-state index contributed by atoms with van der Waals surface area (Å²) in [6.45, 7) is 6.63. The highest BCUT2D eigenvalue weighted by Crippen LogP contribution is 2.26. The van der Waals surface area contributed by atoms with E-state index in [2.05, 4.69) is 9.88 Å². The highest BCUT2D eigenvalue weighted by Gasteiger charge is 2.24. The first-order valence-electron chi connectivity index (χ1n) is 7.03. The molecule has 0 aromatic carbocycles. The van der Waals surface area contributed by atoms with Crippen LogP contribution in [0.1, 0.15) is 29.7 Å². The second kappa shape index (κ2) is 6.22. The number of amides is 1. The summed E-state index contributed by atoms with van der Waals surface area (Å²) in [6.07, 6.45) is 3.55. The van der Waals surface area contributed by atoms with Gasteiger partial charge in [-0.2, -0.15) is 0 Å². The Hall–Kier alpha value is -1.62. The number of aryl methyl sites for hydroxylation is 1. The predicted octanol–water partition coefficient (Wildman–Crippen LogP) is 1.40. The first-order valence-corrected chi connectivity index (χ1v) is 7.03. The maximum absolute atomic E-state index is 11.2. The number of methoxy groups -OCH3 is 1. The number of pyridine rings is 1. The van der Waals surface area contributed by atoms with Gasteiger partial charge in [0.1, 0.15) is 5.75 Å². The number of likely N-dealkylation sites (tertiary alicyclic amines) is 1. The minimum atomic E-state index is -0.170. The largest absolute Gasteiger partial charge is 0.496 e. The molecule has 1 aliphatic rings. The van der Waals surface area contributed by atoms with Crippen LogP contribution in [0.2, 0.25) is 0 Å². The molecule has 5 nitrogen and oxygen atoms in total. The predicted molar refractivity (Wildman–Crippen MR) is 77.5 cm³/mol. The van der Waals surface area contributed by atoms with Crippen molar-refractivity contribution in [2.75, 3.05) is 20.2 Å². The third-order valence-corrected chi connectivity index (χ3v) is 4.11. The second-order valence-electron chi connectivity index (χ2n) is 5.50. The van der Waals surface area contributed by atoms with Crippen LogP contribution in [0, 0.1) is 19.8 Å². The van der Waals surface area contributed by atoms with Crippen LogP contribution >= 0.6 is 0 Å². The molecule has 5 heteroatoms. The Morgan fingerprint density at radius 1 is 1.45 bits per heavy atom. The summed E-state index contributed by atoms with van der Waals surface area (Å²) < 4.78 is 5.43. The van der Waals surface area contributed by atoms with E-state index in [1.165, 1.54) is 0 Å². The Bertz CT molecular complexity index is 494. The minimum Gasteiger partial charge on any atom is -0.496 e. The Morgan fingerprint density at radius 3 is 2.65 bits per heavy atom. The van der Waals surface area contributed by atoms with Gasteiger partial charge in [-0.25, -0.2) is 0 Å².